The van der Waals surface area contributed by atoms with Gasteiger partial charge >= 0.3 is 5.97 Å². The molecule has 5 nitrogen and oxygen atoms in total. The minimum Gasteiger partial charge on any atom is -0.480 e. The Balaban J connectivity index is 2.56. The molecule has 1 rings (SSSR count). The zero-order valence-electron chi connectivity index (χ0n) is 5.78. The summed E-state index contributed by atoms with van der Waals surface area (Å²) in [5, 5.41) is 19.7. The van der Waals surface area contributed by atoms with E-state index in [2.05, 4.69) is 5.32 Å². The lowest BCUT2D eigenvalue weighted by Gasteiger charge is -2.23. The van der Waals surface area contributed by atoms with Gasteiger partial charge in [-0.25, -0.2) is 4.79 Å². The standard InChI is InChI=1S/C6H9NO4/c8-3-1-4(6(10)11)7-5(9)2-3/h3-4,8H,1-2H2,(H,7,9)(H,10,11)/t3-,4-/m0/s1. The number of hydrogen-bond donors (Lipinski definition) is 3. The summed E-state index contributed by atoms with van der Waals surface area (Å²) >= 11 is 0. The number of carboxylic acid groups (broad SMARTS) is 1. The van der Waals surface area contributed by atoms with E-state index in [0.717, 1.165) is 0 Å². The van der Waals surface area contributed by atoms with E-state index >= 15 is 0 Å². The third kappa shape index (κ3) is 1.91. The first kappa shape index (κ1) is 8.00. The number of amides is 1. The molecule has 1 aliphatic rings. The second kappa shape index (κ2) is 2.87. The lowest BCUT2D eigenvalue weighted by Crippen LogP contribution is -2.48. The van der Waals surface area contributed by atoms with Crippen LogP contribution in [0.1, 0.15) is 12.8 Å². The van der Waals surface area contributed by atoms with E-state index in [-0.39, 0.29) is 12.8 Å². The van der Waals surface area contributed by atoms with Gasteiger partial charge in [-0.3, -0.25) is 4.79 Å². The van der Waals surface area contributed by atoms with Crippen LogP contribution in [0.3, 0.4) is 0 Å². The number of hydrogen-bond acceptors (Lipinski definition) is 3. The summed E-state index contributed by atoms with van der Waals surface area (Å²) in [5.41, 5.74) is 0. The average Bonchev–Trinajstić information content (AvgIpc) is 1.85. The van der Waals surface area contributed by atoms with Crippen LogP contribution in [-0.2, 0) is 9.59 Å². The highest BCUT2D eigenvalue weighted by molar-refractivity contribution is 5.85. The Morgan fingerprint density at radius 1 is 1.64 bits per heavy atom. The molecule has 1 heterocycles. The van der Waals surface area contributed by atoms with Gasteiger partial charge in [0.05, 0.1) is 12.5 Å². The Morgan fingerprint density at radius 2 is 2.27 bits per heavy atom. The van der Waals surface area contributed by atoms with Gasteiger partial charge in [0.15, 0.2) is 0 Å². The first-order chi connectivity index (χ1) is 5.09. The summed E-state index contributed by atoms with van der Waals surface area (Å²) in [4.78, 5) is 21.0. The Bertz CT molecular complexity index is 191. The van der Waals surface area contributed by atoms with Crippen LogP contribution in [0, 0.1) is 0 Å². The van der Waals surface area contributed by atoms with Gasteiger partial charge in [-0.2, -0.15) is 0 Å². The van der Waals surface area contributed by atoms with Crippen molar-refractivity contribution in [3.8, 4) is 0 Å². The molecule has 3 N–H and O–H groups in total. The van der Waals surface area contributed by atoms with E-state index in [4.69, 9.17) is 10.2 Å². The van der Waals surface area contributed by atoms with Crippen LogP contribution >= 0.6 is 0 Å². The van der Waals surface area contributed by atoms with Crippen LogP contribution in [-0.4, -0.2) is 34.2 Å². The molecule has 0 bridgehead atoms. The second-order valence-corrected chi connectivity index (χ2v) is 2.55. The highest BCUT2D eigenvalue weighted by Crippen LogP contribution is 2.08. The third-order valence-corrected chi connectivity index (χ3v) is 1.56. The molecule has 0 saturated carbocycles. The molecule has 0 aromatic rings. The van der Waals surface area contributed by atoms with Crippen molar-refractivity contribution in [3.63, 3.8) is 0 Å². The molecule has 0 unspecified atom stereocenters. The van der Waals surface area contributed by atoms with E-state index in [0.29, 0.717) is 0 Å². The predicted molar refractivity (Wildman–Crippen MR) is 34.8 cm³/mol. The SMILES string of the molecule is O=C1C[C@@H](O)C[C@@H](C(=O)O)N1. The maximum Gasteiger partial charge on any atom is 0.326 e. The molecule has 1 aliphatic heterocycles. The van der Waals surface area contributed by atoms with Gasteiger partial charge in [0.25, 0.3) is 0 Å². The normalized spacial score (nSPS) is 31.2. The molecule has 5 heteroatoms. The summed E-state index contributed by atoms with van der Waals surface area (Å²) in [6.07, 6.45) is -0.713. The van der Waals surface area contributed by atoms with Crippen LogP contribution < -0.4 is 5.32 Å². The highest BCUT2D eigenvalue weighted by Gasteiger charge is 2.29. The Hall–Kier alpha value is -1.10. The minimum absolute atomic E-state index is 0.00375. The lowest BCUT2D eigenvalue weighted by atomic mass is 10.0. The maximum absolute atomic E-state index is 10.7. The van der Waals surface area contributed by atoms with Gasteiger partial charge in [-0.1, -0.05) is 0 Å². The first-order valence-corrected chi connectivity index (χ1v) is 3.30. The van der Waals surface area contributed by atoms with Crippen molar-refractivity contribution in [1.82, 2.24) is 5.32 Å². The first-order valence-electron chi connectivity index (χ1n) is 3.30. The molecule has 1 fully saturated rings. The fourth-order valence-corrected chi connectivity index (χ4v) is 1.04. The summed E-state index contributed by atoms with van der Waals surface area (Å²) in [6, 6.07) is -0.925. The van der Waals surface area contributed by atoms with Crippen molar-refractivity contribution < 1.29 is 19.8 Å². The molecule has 0 aliphatic carbocycles. The van der Waals surface area contributed by atoms with E-state index in [1.54, 1.807) is 0 Å². The Kier molecular flexibility index (Phi) is 2.09. The van der Waals surface area contributed by atoms with Crippen LogP contribution in [0.15, 0.2) is 0 Å². The lowest BCUT2D eigenvalue weighted by molar-refractivity contribution is -0.145. The van der Waals surface area contributed by atoms with Gasteiger partial charge in [-0.15, -0.1) is 0 Å². The molecule has 2 atom stereocenters. The third-order valence-electron chi connectivity index (χ3n) is 1.56. The number of piperidine rings is 1. The van der Waals surface area contributed by atoms with Gasteiger partial charge in [0.1, 0.15) is 6.04 Å². The number of carbonyl (C=O) groups is 2. The zero-order chi connectivity index (χ0) is 8.43. The van der Waals surface area contributed by atoms with Gasteiger partial charge in [0.2, 0.25) is 5.91 Å². The number of aliphatic hydroxyl groups is 1. The van der Waals surface area contributed by atoms with E-state index in [9.17, 15) is 9.59 Å². The van der Waals surface area contributed by atoms with Crippen molar-refractivity contribution >= 4 is 11.9 Å². The van der Waals surface area contributed by atoms with E-state index in [1.807, 2.05) is 0 Å². The quantitative estimate of drug-likeness (QED) is 0.444. The van der Waals surface area contributed by atoms with Gasteiger partial charge in [0, 0.05) is 6.42 Å². The summed E-state index contributed by atoms with van der Waals surface area (Å²) in [7, 11) is 0. The van der Waals surface area contributed by atoms with Crippen molar-refractivity contribution in [3.05, 3.63) is 0 Å². The molecule has 0 aromatic carbocycles. The summed E-state index contributed by atoms with van der Waals surface area (Å²) in [5.74, 6) is -1.51. The number of carbonyl (C=O) groups excluding carboxylic acids is 1. The number of aliphatic carboxylic acids is 1. The molecule has 1 amide bonds. The van der Waals surface area contributed by atoms with Crippen LogP contribution in [0.2, 0.25) is 0 Å². The molecule has 0 radical (unpaired) electrons. The van der Waals surface area contributed by atoms with Gasteiger partial charge in [-0.05, 0) is 0 Å². The zero-order valence-corrected chi connectivity index (χ0v) is 5.78. The van der Waals surface area contributed by atoms with Crippen LogP contribution in [0.25, 0.3) is 0 Å². The molecule has 0 spiro atoms. The summed E-state index contributed by atoms with van der Waals surface area (Å²) in [6.45, 7) is 0. The highest BCUT2D eigenvalue weighted by atomic mass is 16.4. The second-order valence-electron chi connectivity index (χ2n) is 2.55. The van der Waals surface area contributed by atoms with E-state index < -0.39 is 24.0 Å². The fourth-order valence-electron chi connectivity index (χ4n) is 1.04. The monoisotopic (exact) mass is 159 g/mol. The van der Waals surface area contributed by atoms with Crippen molar-refractivity contribution in [2.75, 3.05) is 0 Å². The molecule has 62 valence electrons. The number of carboxylic acids is 1. The largest absolute Gasteiger partial charge is 0.480 e. The van der Waals surface area contributed by atoms with Crippen LogP contribution in [0.5, 0.6) is 0 Å². The maximum atomic E-state index is 10.7. The Labute approximate surface area is 63.0 Å². The molecule has 11 heavy (non-hydrogen) atoms. The van der Waals surface area contributed by atoms with Crippen molar-refractivity contribution in [1.29, 1.82) is 0 Å². The smallest absolute Gasteiger partial charge is 0.326 e. The Morgan fingerprint density at radius 3 is 2.73 bits per heavy atom. The number of rotatable bonds is 1. The van der Waals surface area contributed by atoms with Gasteiger partial charge < -0.3 is 15.5 Å². The number of aliphatic hydroxyl groups excluding tert-OH is 1. The molecular weight excluding hydrogens is 150 g/mol. The summed E-state index contributed by atoms with van der Waals surface area (Å²) < 4.78 is 0. The molecule has 0 aromatic heterocycles. The van der Waals surface area contributed by atoms with E-state index in [1.165, 1.54) is 0 Å². The minimum atomic E-state index is -1.10. The topological polar surface area (TPSA) is 86.6 Å². The molecular formula is C6H9NO4. The molecule has 1 saturated heterocycles. The van der Waals surface area contributed by atoms with Crippen molar-refractivity contribution in [2.45, 2.75) is 25.0 Å². The predicted octanol–water partition coefficient (Wildman–Crippen LogP) is -1.29. The number of nitrogens with one attached hydrogen (secondary N) is 1. The van der Waals surface area contributed by atoms with Crippen LogP contribution in [0.4, 0.5) is 0 Å². The average molecular weight is 159 g/mol. The fraction of sp³-hybridized carbons (Fsp3) is 0.667. The van der Waals surface area contributed by atoms with Crippen molar-refractivity contribution in [2.24, 2.45) is 0 Å².